The average Bonchev–Trinajstić information content (AvgIpc) is 3.91. The second-order valence-corrected chi connectivity index (χ2v) is 18.5. The van der Waals surface area contributed by atoms with Gasteiger partial charge in [-0.15, -0.1) is 35.5 Å². The van der Waals surface area contributed by atoms with Crippen molar-refractivity contribution in [2.75, 3.05) is 28.2 Å². The van der Waals surface area contributed by atoms with E-state index in [1.807, 2.05) is 0 Å². The van der Waals surface area contributed by atoms with Crippen LogP contribution in [0.5, 0.6) is 0 Å². The largest absolute Gasteiger partial charge is 2.00 e. The second kappa shape index (κ2) is 20.7. The van der Waals surface area contributed by atoms with E-state index in [4.69, 9.17) is 0 Å². The molecule has 0 aliphatic heterocycles. The number of benzene rings is 4. The summed E-state index contributed by atoms with van der Waals surface area (Å²) in [5.74, 6) is 0. The molecule has 0 fully saturated rings. The summed E-state index contributed by atoms with van der Waals surface area (Å²) < 4.78 is 0. The van der Waals surface area contributed by atoms with Crippen molar-refractivity contribution in [3.05, 3.63) is 252 Å². The SMILES string of the molecule is CN(C)[C@@H](C1=C[CH]C=C[CH-]1)C1=C(P(c2ccccc2)c2ccccc2)C=C=C1.CN(C)[C@H](C1=C=CC=C1P(c1ccccc1)c1ccccc1)C1=C[CH]C=C[CH-]1.[Fe+2]. The molecule has 57 heavy (non-hydrogen) atoms. The van der Waals surface area contributed by atoms with Gasteiger partial charge < -0.3 is 4.90 Å². The average molecular weight is 819 g/mol. The number of rotatable bonds is 12. The van der Waals surface area contributed by atoms with Gasteiger partial charge in [0.05, 0.1) is 0 Å². The maximum atomic E-state index is 3.58. The monoisotopic (exact) mass is 818 g/mol. The third kappa shape index (κ3) is 10.1. The molecular weight excluding hydrogens is 770 g/mol. The third-order valence-electron chi connectivity index (χ3n) is 9.88. The molecule has 4 aliphatic carbocycles. The van der Waals surface area contributed by atoms with Gasteiger partial charge in [0, 0.05) is 17.7 Å². The van der Waals surface area contributed by atoms with E-state index < -0.39 is 15.8 Å². The van der Waals surface area contributed by atoms with E-state index in [9.17, 15) is 0 Å². The maximum absolute atomic E-state index is 3.58. The van der Waals surface area contributed by atoms with Crippen molar-refractivity contribution in [3.8, 4) is 0 Å². The van der Waals surface area contributed by atoms with E-state index in [1.54, 1.807) is 0 Å². The summed E-state index contributed by atoms with van der Waals surface area (Å²) in [6, 6.07) is 43.9. The number of likely N-dealkylation sites (N-methyl/N-ethyl adjacent to an activating group) is 2. The van der Waals surface area contributed by atoms with Crippen molar-refractivity contribution < 1.29 is 17.1 Å². The fourth-order valence-corrected chi connectivity index (χ4v) is 12.4. The first kappa shape index (κ1) is 42.0. The Morgan fingerprint density at radius 3 is 1.39 bits per heavy atom. The first-order valence-electron chi connectivity index (χ1n) is 19.1. The first-order valence-corrected chi connectivity index (χ1v) is 21.8. The minimum absolute atomic E-state index is 0. The molecule has 284 valence electrons. The van der Waals surface area contributed by atoms with Crippen molar-refractivity contribution >= 4 is 37.1 Å². The molecule has 0 saturated heterocycles. The zero-order valence-electron chi connectivity index (χ0n) is 32.9. The van der Waals surface area contributed by atoms with Crippen molar-refractivity contribution in [1.82, 2.24) is 9.80 Å². The van der Waals surface area contributed by atoms with Crippen LogP contribution in [0.25, 0.3) is 0 Å². The molecule has 4 aromatic carbocycles. The van der Waals surface area contributed by atoms with Gasteiger partial charge in [0.1, 0.15) is 0 Å². The fraction of sp³-hybridized carbons (Fsp3) is 0.115. The smallest absolute Gasteiger partial charge is 0.300 e. The van der Waals surface area contributed by atoms with Gasteiger partial charge in [-0.2, -0.15) is 49.3 Å². The number of hydrogen-bond acceptors (Lipinski definition) is 2. The van der Waals surface area contributed by atoms with Crippen LogP contribution in [0.3, 0.4) is 0 Å². The van der Waals surface area contributed by atoms with Crippen molar-refractivity contribution in [2.24, 2.45) is 0 Å². The molecule has 0 bridgehead atoms. The van der Waals surface area contributed by atoms with Gasteiger partial charge in [0.25, 0.3) is 0 Å². The number of hydrogen-bond donors (Lipinski definition) is 0. The van der Waals surface area contributed by atoms with Crippen molar-refractivity contribution in [2.45, 2.75) is 12.1 Å². The third-order valence-corrected chi connectivity index (χ3v) is 14.9. The fourth-order valence-electron chi connectivity index (χ4n) is 7.48. The Morgan fingerprint density at radius 2 is 0.965 bits per heavy atom. The van der Waals surface area contributed by atoms with Gasteiger partial charge in [-0.05, 0) is 106 Å². The quantitative estimate of drug-likeness (QED) is 0.0609. The molecular formula is C52H48FeN2P2. The van der Waals surface area contributed by atoms with E-state index in [2.05, 4.69) is 257 Å². The van der Waals surface area contributed by atoms with Crippen molar-refractivity contribution in [3.63, 3.8) is 0 Å². The Bertz CT molecular complexity index is 2210. The second-order valence-electron chi connectivity index (χ2n) is 14.1. The van der Waals surface area contributed by atoms with Crippen LogP contribution in [0, 0.1) is 25.7 Å². The summed E-state index contributed by atoms with van der Waals surface area (Å²) in [7, 11) is 7.34. The van der Waals surface area contributed by atoms with Crippen LogP contribution in [0.1, 0.15) is 0 Å². The van der Waals surface area contributed by atoms with Gasteiger partial charge in [0.2, 0.25) is 0 Å². The molecule has 0 amide bonds. The molecule has 0 spiro atoms. The van der Waals surface area contributed by atoms with Crippen LogP contribution in [-0.2, 0) is 17.1 Å². The Labute approximate surface area is 354 Å². The molecule has 2 atom stereocenters. The molecule has 4 aromatic rings. The van der Waals surface area contributed by atoms with Crippen LogP contribution < -0.4 is 21.2 Å². The number of allylic oxidation sites excluding steroid dienone is 8. The molecule has 5 heteroatoms. The van der Waals surface area contributed by atoms with E-state index in [0.29, 0.717) is 0 Å². The van der Waals surface area contributed by atoms with Crippen LogP contribution in [-0.4, -0.2) is 50.1 Å². The molecule has 8 rings (SSSR count). The molecule has 4 aliphatic rings. The molecule has 2 nitrogen and oxygen atoms in total. The molecule has 0 unspecified atom stereocenters. The van der Waals surface area contributed by atoms with Crippen LogP contribution in [0.4, 0.5) is 0 Å². The van der Waals surface area contributed by atoms with Crippen LogP contribution >= 0.6 is 15.8 Å². The maximum Gasteiger partial charge on any atom is 2.00 e. The first-order chi connectivity index (χ1) is 27.5. The molecule has 0 aromatic heterocycles. The standard InChI is InChI=1S/2C26H24NP.Fe/c2*1-27(2)26(21-13-6-3-7-14-21)24-19-12-20-25(24)28(22-15-8-4-9-16-22)23-17-10-5-11-18-23;/h3-11,13-20,26H,1-2H3;3-18,20,26H,1-2H3;/q2*-1;+2/t2*26-;/m00./s1. The minimum atomic E-state index is -0.635. The molecule has 0 saturated carbocycles. The van der Waals surface area contributed by atoms with E-state index in [-0.39, 0.29) is 29.2 Å². The van der Waals surface area contributed by atoms with Gasteiger partial charge in [-0.3, -0.25) is 4.90 Å². The van der Waals surface area contributed by atoms with Crippen LogP contribution in [0.2, 0.25) is 0 Å². The van der Waals surface area contributed by atoms with Gasteiger partial charge >= 0.3 is 17.1 Å². The predicted molar refractivity (Wildman–Crippen MR) is 244 cm³/mol. The zero-order chi connectivity index (χ0) is 38.7. The molecule has 2 radical (unpaired) electrons. The Morgan fingerprint density at radius 1 is 0.526 bits per heavy atom. The molecule has 0 N–H and O–H groups in total. The predicted octanol–water partition coefficient (Wildman–Crippen LogP) is 9.86. The van der Waals surface area contributed by atoms with E-state index in [1.165, 1.54) is 54.1 Å². The number of nitrogens with zero attached hydrogens (tertiary/aromatic N) is 2. The van der Waals surface area contributed by atoms with Crippen molar-refractivity contribution in [1.29, 1.82) is 0 Å². The zero-order valence-corrected chi connectivity index (χ0v) is 35.8. The minimum Gasteiger partial charge on any atom is -0.300 e. The summed E-state index contributed by atoms with van der Waals surface area (Å²) >= 11 is 0. The van der Waals surface area contributed by atoms with Gasteiger partial charge in [0.15, 0.2) is 0 Å². The summed E-state index contributed by atoms with van der Waals surface area (Å²) in [6.45, 7) is 0. The summed E-state index contributed by atoms with van der Waals surface area (Å²) in [6.07, 6.45) is 30.2. The topological polar surface area (TPSA) is 6.48 Å². The Balaban J connectivity index is 0.000000189. The van der Waals surface area contributed by atoms with Crippen LogP contribution in [0.15, 0.2) is 226 Å². The van der Waals surface area contributed by atoms with E-state index >= 15 is 0 Å². The normalized spacial score (nSPS) is 16.4. The van der Waals surface area contributed by atoms with E-state index in [0.717, 1.165) is 0 Å². The summed E-state index contributed by atoms with van der Waals surface area (Å²) in [4.78, 5) is 4.58. The molecule has 0 heterocycles. The summed E-state index contributed by atoms with van der Waals surface area (Å²) in [5, 5.41) is 8.25. The Kier molecular flexibility index (Phi) is 15.3. The van der Waals surface area contributed by atoms with Gasteiger partial charge in [-0.25, -0.2) is 0 Å². The summed E-state index contributed by atoms with van der Waals surface area (Å²) in [5.41, 5.74) is 12.2. The van der Waals surface area contributed by atoms with Gasteiger partial charge in [-0.1, -0.05) is 121 Å². The Hall–Kier alpha value is -4.60.